The molecule has 4 rings (SSSR count). The fraction of sp³-hybridized carbons (Fsp3) is 0.588. The lowest BCUT2D eigenvalue weighted by molar-refractivity contribution is 0.0982. The number of hydrogen-bond donors (Lipinski definition) is 1. The normalized spacial score (nSPS) is 22.5. The average Bonchev–Trinajstić information content (AvgIpc) is 3.03. The topological polar surface area (TPSA) is 38.4 Å². The molecule has 2 aromatic rings. The van der Waals surface area contributed by atoms with Gasteiger partial charge in [-0.3, -0.25) is 4.90 Å². The monoisotopic (exact) mass is 299 g/mol. The van der Waals surface area contributed by atoms with Crippen LogP contribution in [0.2, 0.25) is 0 Å². The summed E-state index contributed by atoms with van der Waals surface area (Å²) in [5.41, 5.74) is 3.52. The molecule has 0 aliphatic carbocycles. The number of imidazole rings is 1. The van der Waals surface area contributed by atoms with Gasteiger partial charge in [-0.1, -0.05) is 0 Å². The van der Waals surface area contributed by atoms with Crippen molar-refractivity contribution in [3.8, 4) is 0 Å². The second-order valence-electron chi connectivity index (χ2n) is 6.66. The lowest BCUT2D eigenvalue weighted by Gasteiger charge is -2.42. The molecule has 0 bridgehead atoms. The highest BCUT2D eigenvalue weighted by molar-refractivity contribution is 5.79. The van der Waals surface area contributed by atoms with Crippen molar-refractivity contribution in [1.82, 2.24) is 19.8 Å². The third-order valence-corrected chi connectivity index (χ3v) is 5.29. The minimum Gasteiger partial charge on any atom is -0.371 e. The Bertz CT molecular complexity index is 621. The van der Waals surface area contributed by atoms with Gasteiger partial charge in [-0.05, 0) is 38.1 Å². The van der Waals surface area contributed by atoms with Gasteiger partial charge in [0.2, 0.25) is 0 Å². The van der Waals surface area contributed by atoms with Crippen molar-refractivity contribution in [3.63, 3.8) is 0 Å². The van der Waals surface area contributed by atoms with Crippen LogP contribution < -0.4 is 4.90 Å². The van der Waals surface area contributed by atoms with Crippen molar-refractivity contribution >= 4 is 16.7 Å². The minimum absolute atomic E-state index is 0.779. The van der Waals surface area contributed by atoms with E-state index in [1.807, 2.05) is 0 Å². The van der Waals surface area contributed by atoms with Crippen molar-refractivity contribution in [3.05, 3.63) is 24.5 Å². The number of fused-ring (bicyclic) bond motifs is 1. The van der Waals surface area contributed by atoms with E-state index in [0.29, 0.717) is 0 Å². The van der Waals surface area contributed by atoms with Gasteiger partial charge in [0.05, 0.1) is 17.4 Å². The van der Waals surface area contributed by atoms with Gasteiger partial charge in [0, 0.05) is 51.0 Å². The predicted octanol–water partition coefficient (Wildman–Crippen LogP) is 1.78. The quantitative estimate of drug-likeness (QED) is 0.917. The Morgan fingerprint density at radius 3 is 2.59 bits per heavy atom. The van der Waals surface area contributed by atoms with Crippen LogP contribution in [0.25, 0.3) is 11.0 Å². The first-order chi connectivity index (χ1) is 10.8. The van der Waals surface area contributed by atoms with Crippen LogP contribution >= 0.6 is 0 Å². The summed E-state index contributed by atoms with van der Waals surface area (Å²) in [6.07, 6.45) is 4.34. The van der Waals surface area contributed by atoms with Crippen molar-refractivity contribution < 1.29 is 0 Å². The van der Waals surface area contributed by atoms with Crippen LogP contribution in [0.5, 0.6) is 0 Å². The highest BCUT2D eigenvalue weighted by atomic mass is 15.3. The third kappa shape index (κ3) is 2.71. The zero-order chi connectivity index (χ0) is 14.9. The fourth-order valence-electron chi connectivity index (χ4n) is 3.80. The number of aromatic nitrogens is 2. The first-order valence-corrected chi connectivity index (χ1v) is 8.40. The number of piperazine rings is 1. The van der Waals surface area contributed by atoms with Crippen LogP contribution in [0.4, 0.5) is 5.69 Å². The molecule has 0 atom stereocenters. The van der Waals surface area contributed by atoms with E-state index in [2.05, 4.69) is 49.9 Å². The molecule has 5 heteroatoms. The largest absolute Gasteiger partial charge is 0.371 e. The van der Waals surface area contributed by atoms with Gasteiger partial charge in [-0.15, -0.1) is 0 Å². The van der Waals surface area contributed by atoms with Crippen molar-refractivity contribution in [2.45, 2.75) is 18.9 Å². The summed E-state index contributed by atoms with van der Waals surface area (Å²) >= 11 is 0. The molecule has 22 heavy (non-hydrogen) atoms. The second kappa shape index (κ2) is 5.89. The smallest absolute Gasteiger partial charge is 0.0931 e. The summed E-state index contributed by atoms with van der Waals surface area (Å²) in [5.74, 6) is 0. The van der Waals surface area contributed by atoms with E-state index in [-0.39, 0.29) is 0 Å². The Morgan fingerprint density at radius 2 is 1.82 bits per heavy atom. The molecule has 118 valence electrons. The van der Waals surface area contributed by atoms with Gasteiger partial charge >= 0.3 is 0 Å². The molecule has 0 spiro atoms. The van der Waals surface area contributed by atoms with E-state index in [9.17, 15) is 0 Å². The zero-order valence-electron chi connectivity index (χ0n) is 13.3. The summed E-state index contributed by atoms with van der Waals surface area (Å²) in [7, 11) is 2.23. The second-order valence-corrected chi connectivity index (χ2v) is 6.66. The fourth-order valence-corrected chi connectivity index (χ4v) is 3.80. The molecule has 0 amide bonds. The van der Waals surface area contributed by atoms with Gasteiger partial charge in [0.1, 0.15) is 0 Å². The molecule has 0 unspecified atom stereocenters. The van der Waals surface area contributed by atoms with Crippen molar-refractivity contribution in [2.75, 3.05) is 51.2 Å². The Labute approximate surface area is 131 Å². The molecule has 1 aromatic carbocycles. The van der Waals surface area contributed by atoms with E-state index < -0.39 is 0 Å². The van der Waals surface area contributed by atoms with E-state index in [0.717, 1.165) is 30.2 Å². The maximum Gasteiger partial charge on any atom is 0.0931 e. The SMILES string of the molecule is CN1CCN(C2CCN(c3ccc4nc[nH]c4c3)CC2)CC1. The van der Waals surface area contributed by atoms with Gasteiger partial charge in [-0.25, -0.2) is 4.98 Å². The number of anilines is 1. The molecule has 3 heterocycles. The van der Waals surface area contributed by atoms with Gasteiger partial charge < -0.3 is 14.8 Å². The van der Waals surface area contributed by atoms with E-state index in [1.54, 1.807) is 6.33 Å². The maximum atomic E-state index is 4.30. The molecule has 0 radical (unpaired) electrons. The number of rotatable bonds is 2. The summed E-state index contributed by atoms with van der Waals surface area (Å²) < 4.78 is 0. The highest BCUT2D eigenvalue weighted by Crippen LogP contribution is 2.25. The zero-order valence-corrected chi connectivity index (χ0v) is 13.3. The molecule has 2 fully saturated rings. The summed E-state index contributed by atoms with van der Waals surface area (Å²) in [5, 5.41) is 0. The standard InChI is InChI=1S/C17H25N5/c1-20-8-10-22(11-9-20)14-4-6-21(7-5-14)15-2-3-16-17(12-15)19-13-18-16/h2-3,12-14H,4-11H2,1H3,(H,18,19). The Balaban J connectivity index is 1.38. The van der Waals surface area contributed by atoms with E-state index >= 15 is 0 Å². The molecule has 0 saturated carbocycles. The van der Waals surface area contributed by atoms with Crippen molar-refractivity contribution in [1.29, 1.82) is 0 Å². The number of aromatic amines is 1. The number of likely N-dealkylation sites (N-methyl/N-ethyl adjacent to an activating group) is 1. The van der Waals surface area contributed by atoms with Gasteiger partial charge in [-0.2, -0.15) is 0 Å². The molecule has 2 aliphatic rings. The van der Waals surface area contributed by atoms with Gasteiger partial charge in [0.15, 0.2) is 0 Å². The summed E-state index contributed by atoms with van der Waals surface area (Å²) in [4.78, 5) is 15.2. The molecular formula is C17H25N5. The Morgan fingerprint density at radius 1 is 1.05 bits per heavy atom. The Hall–Kier alpha value is -1.59. The third-order valence-electron chi connectivity index (χ3n) is 5.29. The van der Waals surface area contributed by atoms with Crippen LogP contribution in [-0.4, -0.2) is 72.1 Å². The lowest BCUT2D eigenvalue weighted by Crippen LogP contribution is -2.52. The summed E-state index contributed by atoms with van der Waals surface area (Å²) in [6, 6.07) is 7.34. The van der Waals surface area contributed by atoms with E-state index in [1.165, 1.54) is 44.7 Å². The average molecular weight is 299 g/mol. The maximum absolute atomic E-state index is 4.30. The first kappa shape index (κ1) is 14.0. The van der Waals surface area contributed by atoms with Crippen LogP contribution in [-0.2, 0) is 0 Å². The molecule has 1 N–H and O–H groups in total. The number of hydrogen-bond acceptors (Lipinski definition) is 4. The van der Waals surface area contributed by atoms with E-state index in [4.69, 9.17) is 0 Å². The van der Waals surface area contributed by atoms with Crippen LogP contribution in [0, 0.1) is 0 Å². The molecule has 1 aromatic heterocycles. The summed E-state index contributed by atoms with van der Waals surface area (Å²) in [6.45, 7) is 7.24. The molecular weight excluding hydrogens is 274 g/mol. The lowest BCUT2D eigenvalue weighted by atomic mass is 10.0. The predicted molar refractivity (Wildman–Crippen MR) is 90.4 cm³/mol. The number of nitrogens with one attached hydrogen (secondary N) is 1. The Kier molecular flexibility index (Phi) is 3.76. The highest BCUT2D eigenvalue weighted by Gasteiger charge is 2.26. The first-order valence-electron chi connectivity index (χ1n) is 8.40. The number of nitrogens with zero attached hydrogens (tertiary/aromatic N) is 4. The molecule has 5 nitrogen and oxygen atoms in total. The van der Waals surface area contributed by atoms with Crippen LogP contribution in [0.3, 0.4) is 0 Å². The van der Waals surface area contributed by atoms with Crippen molar-refractivity contribution in [2.24, 2.45) is 0 Å². The van der Waals surface area contributed by atoms with Crippen LogP contribution in [0.15, 0.2) is 24.5 Å². The number of benzene rings is 1. The molecule has 2 saturated heterocycles. The van der Waals surface area contributed by atoms with Gasteiger partial charge in [0.25, 0.3) is 0 Å². The van der Waals surface area contributed by atoms with Crippen LogP contribution in [0.1, 0.15) is 12.8 Å². The molecule has 2 aliphatic heterocycles. The number of H-pyrrole nitrogens is 1. The number of piperidine rings is 1. The minimum atomic E-state index is 0.779.